The van der Waals surface area contributed by atoms with Gasteiger partial charge in [0.2, 0.25) is 0 Å². The van der Waals surface area contributed by atoms with E-state index in [0.29, 0.717) is 5.82 Å². The van der Waals surface area contributed by atoms with E-state index in [4.69, 9.17) is 5.73 Å². The van der Waals surface area contributed by atoms with Crippen molar-refractivity contribution in [2.45, 2.75) is 25.9 Å². The fourth-order valence-electron chi connectivity index (χ4n) is 2.03. The lowest BCUT2D eigenvalue weighted by molar-refractivity contribution is 0.225. The first-order valence-electron chi connectivity index (χ1n) is 5.86. The van der Waals surface area contributed by atoms with Gasteiger partial charge in [-0.05, 0) is 19.4 Å². The summed E-state index contributed by atoms with van der Waals surface area (Å²) in [5.74, 6) is 3.16. The zero-order valence-electron chi connectivity index (χ0n) is 9.80. The van der Waals surface area contributed by atoms with E-state index in [1.165, 1.54) is 24.6 Å². The first-order valence-corrected chi connectivity index (χ1v) is 7.02. The predicted octanol–water partition coefficient (Wildman–Crippen LogP) is 1.29. The Kier molecular flexibility index (Phi) is 4.12. The number of hydrogen-bond donors (Lipinski definition) is 1. The van der Waals surface area contributed by atoms with E-state index in [9.17, 15) is 0 Å². The number of nitrogens with two attached hydrogens (primary N) is 1. The molecular weight excluding hydrogens is 220 g/mol. The molecule has 1 aromatic heterocycles. The monoisotopic (exact) mass is 240 g/mol. The van der Waals surface area contributed by atoms with Crippen molar-refractivity contribution in [1.29, 1.82) is 0 Å². The standard InChI is InChI=1S/C11H20N4S/c1-10-9-16-8-7-14(10)4-2-5-15-6-3-11(12)13-15/h3,6,10H,2,4-5,7-9H2,1H3,(H2,12,13). The molecule has 0 spiro atoms. The van der Waals surface area contributed by atoms with E-state index in [1.54, 1.807) is 0 Å². The number of rotatable bonds is 4. The van der Waals surface area contributed by atoms with Gasteiger partial charge >= 0.3 is 0 Å². The Hall–Kier alpha value is -0.680. The van der Waals surface area contributed by atoms with Crippen LogP contribution in [0.3, 0.4) is 0 Å². The maximum Gasteiger partial charge on any atom is 0.145 e. The molecule has 1 aliphatic heterocycles. The van der Waals surface area contributed by atoms with E-state index < -0.39 is 0 Å². The number of hydrogen-bond acceptors (Lipinski definition) is 4. The summed E-state index contributed by atoms with van der Waals surface area (Å²) < 4.78 is 1.93. The Morgan fingerprint density at radius 1 is 1.56 bits per heavy atom. The van der Waals surface area contributed by atoms with Gasteiger partial charge < -0.3 is 5.73 Å². The highest BCUT2D eigenvalue weighted by molar-refractivity contribution is 7.99. The largest absolute Gasteiger partial charge is 0.382 e. The average Bonchev–Trinajstić information content (AvgIpc) is 2.67. The third kappa shape index (κ3) is 3.15. The second kappa shape index (κ2) is 5.59. The quantitative estimate of drug-likeness (QED) is 0.861. The summed E-state index contributed by atoms with van der Waals surface area (Å²) >= 11 is 2.06. The van der Waals surface area contributed by atoms with Gasteiger partial charge in [0.15, 0.2) is 0 Å². The molecule has 0 saturated carbocycles. The van der Waals surface area contributed by atoms with Crippen molar-refractivity contribution in [3.8, 4) is 0 Å². The number of anilines is 1. The Morgan fingerprint density at radius 3 is 3.12 bits per heavy atom. The minimum Gasteiger partial charge on any atom is -0.382 e. The summed E-state index contributed by atoms with van der Waals surface area (Å²) in [6.45, 7) is 5.68. The zero-order chi connectivity index (χ0) is 11.4. The molecule has 0 radical (unpaired) electrons. The lowest BCUT2D eigenvalue weighted by Crippen LogP contribution is -2.41. The highest BCUT2D eigenvalue weighted by Gasteiger charge is 2.17. The second-order valence-electron chi connectivity index (χ2n) is 4.32. The van der Waals surface area contributed by atoms with Gasteiger partial charge in [0.1, 0.15) is 5.82 Å². The first kappa shape index (κ1) is 11.8. The molecule has 0 amide bonds. The van der Waals surface area contributed by atoms with Crippen LogP contribution < -0.4 is 5.73 Å². The summed E-state index contributed by atoms with van der Waals surface area (Å²) in [4.78, 5) is 2.57. The molecule has 5 heteroatoms. The van der Waals surface area contributed by atoms with Crippen molar-refractivity contribution < 1.29 is 0 Å². The fourth-order valence-corrected chi connectivity index (χ4v) is 3.11. The number of nitrogens with zero attached hydrogens (tertiary/aromatic N) is 3. The number of nitrogen functional groups attached to an aromatic ring is 1. The van der Waals surface area contributed by atoms with E-state index in [0.717, 1.165) is 19.0 Å². The van der Waals surface area contributed by atoms with Gasteiger partial charge in [-0.3, -0.25) is 9.58 Å². The van der Waals surface area contributed by atoms with Crippen molar-refractivity contribution in [1.82, 2.24) is 14.7 Å². The molecule has 1 unspecified atom stereocenters. The van der Waals surface area contributed by atoms with Crippen LogP contribution in [0.2, 0.25) is 0 Å². The van der Waals surface area contributed by atoms with E-state index in [1.807, 2.05) is 16.9 Å². The van der Waals surface area contributed by atoms with Crippen LogP contribution in [0, 0.1) is 0 Å². The SMILES string of the molecule is CC1CSCCN1CCCn1ccc(N)n1. The second-order valence-corrected chi connectivity index (χ2v) is 5.47. The van der Waals surface area contributed by atoms with Crippen LogP contribution >= 0.6 is 11.8 Å². The Bertz CT molecular complexity index is 326. The molecule has 1 aliphatic rings. The average molecular weight is 240 g/mol. The van der Waals surface area contributed by atoms with Crippen LogP contribution in [0.1, 0.15) is 13.3 Å². The van der Waals surface area contributed by atoms with Crippen LogP contribution in [0.4, 0.5) is 5.82 Å². The molecule has 4 nitrogen and oxygen atoms in total. The van der Waals surface area contributed by atoms with Crippen LogP contribution in [0.5, 0.6) is 0 Å². The van der Waals surface area contributed by atoms with E-state index >= 15 is 0 Å². The fraction of sp³-hybridized carbons (Fsp3) is 0.727. The molecular formula is C11H20N4S. The minimum absolute atomic E-state index is 0.614. The van der Waals surface area contributed by atoms with Crippen LogP contribution in [0.25, 0.3) is 0 Å². The molecule has 1 atom stereocenters. The van der Waals surface area contributed by atoms with Crippen LogP contribution in [-0.4, -0.2) is 45.3 Å². The van der Waals surface area contributed by atoms with Crippen molar-refractivity contribution in [3.63, 3.8) is 0 Å². The molecule has 2 rings (SSSR count). The Morgan fingerprint density at radius 2 is 2.44 bits per heavy atom. The molecule has 1 aromatic rings. The molecule has 1 fully saturated rings. The highest BCUT2D eigenvalue weighted by atomic mass is 32.2. The van der Waals surface area contributed by atoms with Gasteiger partial charge in [-0.2, -0.15) is 16.9 Å². The molecule has 2 heterocycles. The van der Waals surface area contributed by atoms with Crippen molar-refractivity contribution in [2.75, 3.05) is 30.3 Å². The third-order valence-corrected chi connectivity index (χ3v) is 4.19. The normalized spacial score (nSPS) is 22.4. The van der Waals surface area contributed by atoms with E-state index in [2.05, 4.69) is 28.7 Å². The summed E-state index contributed by atoms with van der Waals surface area (Å²) in [7, 11) is 0. The van der Waals surface area contributed by atoms with Crippen LogP contribution in [0.15, 0.2) is 12.3 Å². The van der Waals surface area contributed by atoms with Gasteiger partial charge in [-0.1, -0.05) is 0 Å². The number of aromatic nitrogens is 2. The Balaban J connectivity index is 1.71. The highest BCUT2D eigenvalue weighted by Crippen LogP contribution is 2.16. The van der Waals surface area contributed by atoms with E-state index in [-0.39, 0.29) is 0 Å². The summed E-state index contributed by atoms with van der Waals surface area (Å²) in [6.07, 6.45) is 3.10. The number of thioether (sulfide) groups is 1. The summed E-state index contributed by atoms with van der Waals surface area (Å²) in [6, 6.07) is 2.57. The van der Waals surface area contributed by atoms with Gasteiger partial charge in [0.05, 0.1) is 0 Å². The summed E-state index contributed by atoms with van der Waals surface area (Å²) in [5.41, 5.74) is 5.57. The predicted molar refractivity (Wildman–Crippen MR) is 69.6 cm³/mol. The zero-order valence-corrected chi connectivity index (χ0v) is 10.6. The van der Waals surface area contributed by atoms with Gasteiger partial charge in [-0.25, -0.2) is 0 Å². The number of aryl methyl sites for hydroxylation is 1. The summed E-state index contributed by atoms with van der Waals surface area (Å²) in [5, 5.41) is 4.18. The lowest BCUT2D eigenvalue weighted by Gasteiger charge is -2.32. The van der Waals surface area contributed by atoms with Crippen LogP contribution in [-0.2, 0) is 6.54 Å². The Labute approximate surface area is 101 Å². The topological polar surface area (TPSA) is 47.1 Å². The molecule has 0 aliphatic carbocycles. The maximum absolute atomic E-state index is 5.57. The van der Waals surface area contributed by atoms with Crippen molar-refractivity contribution in [3.05, 3.63) is 12.3 Å². The first-order chi connectivity index (χ1) is 7.75. The molecule has 16 heavy (non-hydrogen) atoms. The van der Waals surface area contributed by atoms with Gasteiger partial charge in [0, 0.05) is 43.4 Å². The third-order valence-electron chi connectivity index (χ3n) is 3.00. The van der Waals surface area contributed by atoms with Gasteiger partial charge in [0.25, 0.3) is 0 Å². The maximum atomic E-state index is 5.57. The molecule has 2 N–H and O–H groups in total. The molecule has 0 aromatic carbocycles. The van der Waals surface area contributed by atoms with Gasteiger partial charge in [-0.15, -0.1) is 0 Å². The molecule has 90 valence electrons. The molecule has 0 bridgehead atoms. The minimum atomic E-state index is 0.614. The smallest absolute Gasteiger partial charge is 0.145 e. The van der Waals surface area contributed by atoms with Crippen molar-refractivity contribution >= 4 is 17.6 Å². The lowest BCUT2D eigenvalue weighted by atomic mass is 10.3. The van der Waals surface area contributed by atoms with Crippen molar-refractivity contribution in [2.24, 2.45) is 0 Å². The molecule has 1 saturated heterocycles.